The maximum atomic E-state index is 12.9. The number of benzene rings is 3. The first-order chi connectivity index (χ1) is 16.5. The quantitative estimate of drug-likeness (QED) is 0.310. The lowest BCUT2D eigenvalue weighted by Gasteiger charge is -2.04. The summed E-state index contributed by atoms with van der Waals surface area (Å²) in [5.41, 5.74) is 3.67. The van der Waals surface area contributed by atoms with Crippen LogP contribution in [-0.4, -0.2) is 23.8 Å². The molecule has 0 saturated carbocycles. The molecule has 0 aromatic heterocycles. The SMILES string of the molecule is O=C1Nc2ccccc2/C1=C1\C(=O)Oc2cc3c(cc21)OC(=O)/C3=C1/C(=O)Nc2ccccc21. The third kappa shape index (κ3) is 2.31. The van der Waals surface area contributed by atoms with Crippen LogP contribution in [0.2, 0.25) is 0 Å². The second-order valence-corrected chi connectivity index (χ2v) is 8.12. The summed E-state index contributed by atoms with van der Waals surface area (Å²) in [7, 11) is 0. The van der Waals surface area contributed by atoms with E-state index in [0.717, 1.165) is 0 Å². The molecule has 0 fully saturated rings. The van der Waals surface area contributed by atoms with E-state index in [-0.39, 0.29) is 33.8 Å². The molecule has 8 nitrogen and oxygen atoms in total. The van der Waals surface area contributed by atoms with Crippen LogP contribution in [0.25, 0.3) is 22.3 Å². The van der Waals surface area contributed by atoms with E-state index in [0.29, 0.717) is 33.6 Å². The summed E-state index contributed by atoms with van der Waals surface area (Å²) in [6.07, 6.45) is 0. The largest absolute Gasteiger partial charge is 0.422 e. The third-order valence-corrected chi connectivity index (χ3v) is 6.28. The number of esters is 2. The highest BCUT2D eigenvalue weighted by Crippen LogP contribution is 2.50. The number of para-hydroxylation sites is 2. The Morgan fingerprint density at radius 1 is 0.500 bits per heavy atom. The fourth-order valence-electron chi connectivity index (χ4n) is 4.85. The number of nitrogens with one attached hydrogen (secondary N) is 2. The lowest BCUT2D eigenvalue weighted by atomic mass is 9.92. The minimum atomic E-state index is -0.676. The van der Waals surface area contributed by atoms with Gasteiger partial charge in [-0.1, -0.05) is 36.4 Å². The van der Waals surface area contributed by atoms with E-state index in [1.165, 1.54) is 12.1 Å². The molecule has 0 spiro atoms. The molecule has 0 bridgehead atoms. The van der Waals surface area contributed by atoms with Gasteiger partial charge in [0.1, 0.15) is 11.5 Å². The zero-order valence-electron chi connectivity index (χ0n) is 17.2. The van der Waals surface area contributed by atoms with Crippen molar-refractivity contribution in [1.29, 1.82) is 0 Å². The Bertz CT molecular complexity index is 1510. The number of anilines is 2. The number of carbonyl (C=O) groups excluding carboxylic acids is 4. The molecule has 4 aliphatic heterocycles. The maximum Gasteiger partial charge on any atom is 0.345 e. The monoisotopic (exact) mass is 448 g/mol. The lowest BCUT2D eigenvalue weighted by molar-refractivity contribution is -0.127. The summed E-state index contributed by atoms with van der Waals surface area (Å²) >= 11 is 0. The van der Waals surface area contributed by atoms with Crippen LogP contribution in [0.15, 0.2) is 60.7 Å². The Balaban J connectivity index is 1.45. The standard InChI is InChI=1S/C26H12N2O6/c29-23-19(11-5-1-3-7-15(11)27-23)21-13-9-18-14(10-17(13)33-25(21)31)22(26(32)34-18)20-12-6-2-4-8-16(12)28-24(20)30/h1-10H,(H,27,29)(H,28,30)/b21-19+,22-20+. The molecule has 0 saturated heterocycles. The fourth-order valence-corrected chi connectivity index (χ4v) is 4.85. The molecule has 2 amide bonds. The van der Waals surface area contributed by atoms with Crippen LogP contribution in [0.1, 0.15) is 22.3 Å². The molecule has 2 N–H and O–H groups in total. The number of hydrogen-bond acceptors (Lipinski definition) is 6. The van der Waals surface area contributed by atoms with E-state index < -0.39 is 23.8 Å². The fraction of sp³-hybridized carbons (Fsp3) is 0. The van der Waals surface area contributed by atoms with Crippen molar-refractivity contribution < 1.29 is 28.7 Å². The van der Waals surface area contributed by atoms with Gasteiger partial charge in [0.15, 0.2) is 0 Å². The van der Waals surface area contributed by atoms with Crippen LogP contribution in [0.3, 0.4) is 0 Å². The highest BCUT2D eigenvalue weighted by molar-refractivity contribution is 6.47. The molecular weight excluding hydrogens is 436 g/mol. The molecule has 0 atom stereocenters. The Hall–Kier alpha value is -4.98. The van der Waals surface area contributed by atoms with E-state index in [4.69, 9.17) is 9.47 Å². The van der Waals surface area contributed by atoms with E-state index in [9.17, 15) is 19.2 Å². The number of amides is 2. The second kappa shape index (κ2) is 6.29. The average Bonchev–Trinajstić information content (AvgIpc) is 3.51. The molecule has 4 aliphatic rings. The Morgan fingerprint density at radius 3 is 1.35 bits per heavy atom. The minimum absolute atomic E-state index is 0.0985. The van der Waals surface area contributed by atoms with Crippen molar-refractivity contribution >= 4 is 57.4 Å². The smallest absolute Gasteiger partial charge is 0.345 e. The first kappa shape index (κ1) is 18.6. The summed E-state index contributed by atoms with van der Waals surface area (Å²) in [4.78, 5) is 51.2. The lowest BCUT2D eigenvalue weighted by Crippen LogP contribution is -2.10. The van der Waals surface area contributed by atoms with Gasteiger partial charge in [0.05, 0.1) is 22.3 Å². The van der Waals surface area contributed by atoms with Crippen LogP contribution in [0.4, 0.5) is 11.4 Å². The van der Waals surface area contributed by atoms with Crippen molar-refractivity contribution in [3.8, 4) is 11.5 Å². The predicted molar refractivity (Wildman–Crippen MR) is 121 cm³/mol. The second-order valence-electron chi connectivity index (χ2n) is 8.12. The molecule has 34 heavy (non-hydrogen) atoms. The van der Waals surface area contributed by atoms with Gasteiger partial charge in [0.25, 0.3) is 11.8 Å². The Labute approximate surface area is 191 Å². The average molecular weight is 448 g/mol. The van der Waals surface area contributed by atoms with Gasteiger partial charge >= 0.3 is 11.9 Å². The first-order valence-electron chi connectivity index (χ1n) is 10.4. The molecule has 3 aromatic carbocycles. The normalized spacial score (nSPS) is 21.4. The zero-order valence-corrected chi connectivity index (χ0v) is 17.2. The first-order valence-corrected chi connectivity index (χ1v) is 10.4. The minimum Gasteiger partial charge on any atom is -0.422 e. The molecule has 3 aromatic rings. The van der Waals surface area contributed by atoms with Crippen LogP contribution in [0.5, 0.6) is 11.5 Å². The molecule has 0 unspecified atom stereocenters. The van der Waals surface area contributed by atoms with Gasteiger partial charge in [-0.2, -0.15) is 0 Å². The van der Waals surface area contributed by atoms with Crippen molar-refractivity contribution in [2.75, 3.05) is 10.6 Å². The van der Waals surface area contributed by atoms with E-state index in [1.807, 2.05) is 0 Å². The van der Waals surface area contributed by atoms with Crippen LogP contribution < -0.4 is 20.1 Å². The van der Waals surface area contributed by atoms with E-state index >= 15 is 0 Å². The number of carbonyl (C=O) groups is 4. The van der Waals surface area contributed by atoms with Gasteiger partial charge in [-0.05, 0) is 24.3 Å². The van der Waals surface area contributed by atoms with E-state index in [1.54, 1.807) is 48.5 Å². The van der Waals surface area contributed by atoms with E-state index in [2.05, 4.69) is 10.6 Å². The van der Waals surface area contributed by atoms with Crippen molar-refractivity contribution in [2.24, 2.45) is 0 Å². The summed E-state index contributed by atoms with van der Waals surface area (Å²) < 4.78 is 11.0. The Kier molecular flexibility index (Phi) is 3.44. The van der Waals surface area contributed by atoms with Gasteiger partial charge in [-0.3, -0.25) is 9.59 Å². The number of ether oxygens (including phenoxy) is 2. The summed E-state index contributed by atoms with van der Waals surface area (Å²) in [5, 5.41) is 5.50. The highest BCUT2D eigenvalue weighted by atomic mass is 16.5. The van der Waals surface area contributed by atoms with Crippen LogP contribution >= 0.6 is 0 Å². The van der Waals surface area contributed by atoms with Crippen molar-refractivity contribution in [3.05, 3.63) is 82.9 Å². The molecule has 0 radical (unpaired) electrons. The summed E-state index contributed by atoms with van der Waals surface area (Å²) in [6.45, 7) is 0. The number of rotatable bonds is 0. The topological polar surface area (TPSA) is 111 Å². The van der Waals surface area contributed by atoms with Gasteiger partial charge in [0.2, 0.25) is 0 Å². The molecule has 0 aliphatic carbocycles. The molecule has 4 heterocycles. The number of fused-ring (bicyclic) bond motifs is 4. The van der Waals surface area contributed by atoms with Gasteiger partial charge < -0.3 is 20.1 Å². The van der Waals surface area contributed by atoms with Crippen LogP contribution in [-0.2, 0) is 19.2 Å². The molecule has 162 valence electrons. The zero-order chi connectivity index (χ0) is 23.1. The highest BCUT2D eigenvalue weighted by Gasteiger charge is 2.42. The predicted octanol–water partition coefficient (Wildman–Crippen LogP) is 3.25. The molecular formula is C26H12N2O6. The van der Waals surface area contributed by atoms with Crippen LogP contribution in [0, 0.1) is 0 Å². The van der Waals surface area contributed by atoms with Gasteiger partial charge in [-0.15, -0.1) is 0 Å². The summed E-state index contributed by atoms with van der Waals surface area (Å²) in [5.74, 6) is -1.81. The van der Waals surface area contributed by atoms with Gasteiger partial charge in [-0.25, -0.2) is 9.59 Å². The molecule has 8 heteroatoms. The Morgan fingerprint density at radius 2 is 0.912 bits per heavy atom. The third-order valence-electron chi connectivity index (χ3n) is 6.28. The summed E-state index contributed by atoms with van der Waals surface area (Å²) in [6, 6.07) is 17.1. The van der Waals surface area contributed by atoms with Crippen molar-refractivity contribution in [2.45, 2.75) is 0 Å². The van der Waals surface area contributed by atoms with Crippen molar-refractivity contribution in [1.82, 2.24) is 0 Å². The van der Waals surface area contributed by atoms with Gasteiger partial charge in [0, 0.05) is 33.6 Å². The van der Waals surface area contributed by atoms with Crippen molar-refractivity contribution in [3.63, 3.8) is 0 Å². The number of hydrogen-bond donors (Lipinski definition) is 2. The maximum absolute atomic E-state index is 12.9. The molecule has 7 rings (SSSR count).